The van der Waals surface area contributed by atoms with Crippen molar-refractivity contribution in [1.29, 1.82) is 0 Å². The largest absolute Gasteiger partial charge is 0.493 e. The number of allylic oxidation sites excluding steroid dienone is 2. The number of methoxy groups -OCH3 is 4. The number of ether oxygens (including phenoxy) is 4. The Hall–Kier alpha value is -2.63. The Morgan fingerprint density at radius 3 is 1.43 bits per heavy atom. The summed E-state index contributed by atoms with van der Waals surface area (Å²) in [6, 6.07) is 7.08. The third-order valence-corrected chi connectivity index (χ3v) is 5.40. The number of carbonyl (C=O) groups is 1. The van der Waals surface area contributed by atoms with E-state index in [1.54, 1.807) is 38.5 Å². The number of halogens is 2. The van der Waals surface area contributed by atoms with Crippen molar-refractivity contribution in [2.75, 3.05) is 28.4 Å². The first-order chi connectivity index (χ1) is 14.4. The topological polar surface area (TPSA) is 54.0 Å². The number of carbonyl (C=O) groups excluding carboxylic acids is 1. The average molecular weight is 449 g/mol. The van der Waals surface area contributed by atoms with Crippen molar-refractivity contribution in [3.05, 3.63) is 56.6 Å². The lowest BCUT2D eigenvalue weighted by Gasteiger charge is -2.10. The lowest BCUT2D eigenvalue weighted by molar-refractivity contribution is -0.111. The van der Waals surface area contributed by atoms with Gasteiger partial charge in [-0.3, -0.25) is 4.79 Å². The molecule has 1 aliphatic rings. The first-order valence-corrected chi connectivity index (χ1v) is 9.96. The molecule has 1 aliphatic carbocycles. The van der Waals surface area contributed by atoms with Gasteiger partial charge in [0.2, 0.25) is 0 Å². The molecular formula is C23H22Cl2O5. The van der Waals surface area contributed by atoms with Gasteiger partial charge in [-0.15, -0.1) is 0 Å². The number of hydrogen-bond acceptors (Lipinski definition) is 5. The number of hydrogen-bond donors (Lipinski definition) is 0. The van der Waals surface area contributed by atoms with Crippen LogP contribution in [-0.4, -0.2) is 34.2 Å². The molecule has 0 spiro atoms. The summed E-state index contributed by atoms with van der Waals surface area (Å²) in [5, 5.41) is 0.842. The molecule has 5 nitrogen and oxygen atoms in total. The van der Waals surface area contributed by atoms with Crippen molar-refractivity contribution in [3.63, 3.8) is 0 Å². The lowest BCUT2D eigenvalue weighted by Crippen LogP contribution is -1.97. The number of benzene rings is 2. The van der Waals surface area contributed by atoms with Crippen molar-refractivity contribution in [1.82, 2.24) is 0 Å². The van der Waals surface area contributed by atoms with Crippen molar-refractivity contribution >= 4 is 41.1 Å². The zero-order chi connectivity index (χ0) is 21.8. The van der Waals surface area contributed by atoms with E-state index in [0.717, 1.165) is 11.1 Å². The van der Waals surface area contributed by atoms with Crippen LogP contribution < -0.4 is 18.9 Å². The predicted octanol–water partition coefficient (Wildman–Crippen LogP) is 5.86. The molecule has 0 aromatic heterocycles. The number of rotatable bonds is 6. The Balaban J connectivity index is 1.91. The molecule has 3 rings (SSSR count). The summed E-state index contributed by atoms with van der Waals surface area (Å²) in [4.78, 5) is 12.9. The van der Waals surface area contributed by atoms with E-state index in [2.05, 4.69) is 0 Å². The van der Waals surface area contributed by atoms with E-state index >= 15 is 0 Å². The zero-order valence-electron chi connectivity index (χ0n) is 17.2. The highest BCUT2D eigenvalue weighted by Crippen LogP contribution is 2.39. The molecule has 1 fully saturated rings. The van der Waals surface area contributed by atoms with Crippen molar-refractivity contribution in [2.24, 2.45) is 0 Å². The van der Waals surface area contributed by atoms with Crippen LogP contribution in [0.1, 0.15) is 24.0 Å². The van der Waals surface area contributed by atoms with Gasteiger partial charge in [-0.25, -0.2) is 0 Å². The average Bonchev–Trinajstić information content (AvgIpc) is 3.06. The van der Waals surface area contributed by atoms with Crippen LogP contribution in [0.4, 0.5) is 0 Å². The summed E-state index contributed by atoms with van der Waals surface area (Å²) < 4.78 is 21.2. The van der Waals surface area contributed by atoms with Crippen LogP contribution in [0.3, 0.4) is 0 Å². The molecule has 7 heteroatoms. The Bertz CT molecular complexity index is 959. The van der Waals surface area contributed by atoms with Gasteiger partial charge in [0.25, 0.3) is 0 Å². The molecule has 0 N–H and O–H groups in total. The molecule has 158 valence electrons. The summed E-state index contributed by atoms with van der Waals surface area (Å²) >= 11 is 12.5. The molecule has 0 aliphatic heterocycles. The van der Waals surface area contributed by atoms with E-state index in [0.29, 0.717) is 57.0 Å². The van der Waals surface area contributed by atoms with Crippen LogP contribution in [0.15, 0.2) is 35.4 Å². The van der Waals surface area contributed by atoms with Crippen LogP contribution in [-0.2, 0) is 4.79 Å². The molecule has 30 heavy (non-hydrogen) atoms. The lowest BCUT2D eigenvalue weighted by atomic mass is 10.1. The van der Waals surface area contributed by atoms with Crippen molar-refractivity contribution in [3.8, 4) is 23.0 Å². The molecular weight excluding hydrogens is 427 g/mol. The van der Waals surface area contributed by atoms with Crippen LogP contribution in [0.5, 0.6) is 23.0 Å². The van der Waals surface area contributed by atoms with E-state index in [4.69, 9.17) is 42.1 Å². The summed E-state index contributed by atoms with van der Waals surface area (Å²) in [6.45, 7) is 0. The Labute approximate surface area is 185 Å². The molecule has 0 heterocycles. The quantitative estimate of drug-likeness (QED) is 0.518. The van der Waals surface area contributed by atoms with Gasteiger partial charge in [-0.2, -0.15) is 0 Å². The third-order valence-electron chi connectivity index (χ3n) is 4.84. The van der Waals surface area contributed by atoms with Gasteiger partial charge in [-0.1, -0.05) is 23.2 Å². The maximum Gasteiger partial charge on any atom is 0.185 e. The molecule has 1 saturated carbocycles. The minimum Gasteiger partial charge on any atom is -0.493 e. The highest BCUT2D eigenvalue weighted by molar-refractivity contribution is 6.33. The number of Topliss-reactive ketones (excluding diaryl/α,β-unsaturated/α-hetero) is 1. The number of ketones is 1. The second kappa shape index (κ2) is 9.45. The monoisotopic (exact) mass is 448 g/mol. The summed E-state index contributed by atoms with van der Waals surface area (Å²) in [7, 11) is 6.14. The van der Waals surface area contributed by atoms with Crippen molar-refractivity contribution < 1.29 is 23.7 Å². The van der Waals surface area contributed by atoms with Crippen LogP contribution in [0, 0.1) is 0 Å². The van der Waals surface area contributed by atoms with Gasteiger partial charge in [0.05, 0.1) is 38.5 Å². The highest BCUT2D eigenvalue weighted by atomic mass is 35.5. The standard InChI is InChI=1S/C23H22Cl2O5/c1-27-19-11-13(9-17(24)22(19)29-3)7-15-5-6-16(21(15)26)8-14-10-18(25)23(30-4)20(12-14)28-2/h7-12H,5-6H2,1-4H3. The second-order valence-corrected chi connectivity index (χ2v) is 7.46. The Kier molecular flexibility index (Phi) is 6.95. The van der Waals surface area contributed by atoms with Gasteiger partial charge in [-0.05, 0) is 60.4 Å². The Morgan fingerprint density at radius 2 is 1.10 bits per heavy atom. The predicted molar refractivity (Wildman–Crippen MR) is 119 cm³/mol. The molecule has 0 unspecified atom stereocenters. The first-order valence-electron chi connectivity index (χ1n) is 9.20. The summed E-state index contributed by atoms with van der Waals surface area (Å²) in [5.41, 5.74) is 2.96. The van der Waals surface area contributed by atoms with Gasteiger partial charge < -0.3 is 18.9 Å². The molecule has 0 bridgehead atoms. The minimum absolute atomic E-state index is 0.00758. The zero-order valence-corrected chi connectivity index (χ0v) is 18.7. The third kappa shape index (κ3) is 4.42. The fraction of sp³-hybridized carbons (Fsp3) is 0.261. The SMILES string of the molecule is COc1cc(C=C2CCC(=Cc3cc(Cl)c(OC)c(OC)c3)C2=O)cc(Cl)c1OC. The van der Waals surface area contributed by atoms with Gasteiger partial charge >= 0.3 is 0 Å². The first kappa shape index (κ1) is 22.1. The summed E-state index contributed by atoms with van der Waals surface area (Å²) in [6.07, 6.45) is 4.94. The van der Waals surface area contributed by atoms with Gasteiger partial charge in [0.15, 0.2) is 28.8 Å². The van der Waals surface area contributed by atoms with Crippen LogP contribution >= 0.6 is 23.2 Å². The van der Waals surface area contributed by atoms with Crippen LogP contribution in [0.2, 0.25) is 10.0 Å². The molecule has 0 saturated heterocycles. The fourth-order valence-corrected chi connectivity index (χ4v) is 4.02. The van der Waals surface area contributed by atoms with Gasteiger partial charge in [0.1, 0.15) is 0 Å². The molecule has 0 radical (unpaired) electrons. The van der Waals surface area contributed by atoms with E-state index in [1.165, 1.54) is 14.2 Å². The second-order valence-electron chi connectivity index (χ2n) is 6.64. The highest BCUT2D eigenvalue weighted by Gasteiger charge is 2.24. The van der Waals surface area contributed by atoms with E-state index in [9.17, 15) is 4.79 Å². The van der Waals surface area contributed by atoms with Crippen molar-refractivity contribution in [2.45, 2.75) is 12.8 Å². The maximum atomic E-state index is 12.9. The smallest absolute Gasteiger partial charge is 0.185 e. The molecule has 0 amide bonds. The normalized spacial score (nSPS) is 16.3. The maximum absolute atomic E-state index is 12.9. The van der Waals surface area contributed by atoms with E-state index < -0.39 is 0 Å². The minimum atomic E-state index is -0.00758. The molecule has 2 aromatic rings. The van der Waals surface area contributed by atoms with Gasteiger partial charge in [0, 0.05) is 11.1 Å². The van der Waals surface area contributed by atoms with E-state index in [-0.39, 0.29) is 5.78 Å². The Morgan fingerprint density at radius 1 is 0.700 bits per heavy atom. The fourth-order valence-electron chi connectivity index (χ4n) is 3.42. The van der Waals surface area contributed by atoms with E-state index in [1.807, 2.05) is 12.2 Å². The van der Waals surface area contributed by atoms with Crippen LogP contribution in [0.25, 0.3) is 12.2 Å². The molecule has 0 atom stereocenters. The summed E-state index contributed by atoms with van der Waals surface area (Å²) in [5.74, 6) is 1.94. The molecule has 2 aromatic carbocycles.